The topological polar surface area (TPSA) is 95.9 Å². The number of rotatable bonds is 63. The van der Waals surface area contributed by atoms with Gasteiger partial charge in [-0.05, 0) is 57.8 Å². The molecule has 0 aromatic carbocycles. The van der Waals surface area contributed by atoms with Crippen molar-refractivity contribution in [3.63, 3.8) is 0 Å². The normalized spacial score (nSPS) is 12.6. The Hall–Kier alpha value is -1.66. The smallest absolute Gasteiger partial charge is 0.305 e. The van der Waals surface area contributed by atoms with Gasteiger partial charge in [-0.1, -0.05) is 327 Å². The van der Waals surface area contributed by atoms with E-state index in [1.165, 1.54) is 289 Å². The van der Waals surface area contributed by atoms with Gasteiger partial charge in [0.05, 0.1) is 25.4 Å². The highest BCUT2D eigenvalue weighted by Crippen LogP contribution is 2.19. The Morgan fingerprint density at radius 3 is 1.04 bits per heavy atom. The molecule has 6 heteroatoms. The van der Waals surface area contributed by atoms with Crippen LogP contribution in [0.25, 0.3) is 0 Å². The van der Waals surface area contributed by atoms with E-state index in [2.05, 4.69) is 43.5 Å². The van der Waals surface area contributed by atoms with E-state index in [9.17, 15) is 19.8 Å². The first kappa shape index (κ1) is 72.3. The van der Waals surface area contributed by atoms with E-state index in [0.29, 0.717) is 25.9 Å². The molecule has 74 heavy (non-hydrogen) atoms. The van der Waals surface area contributed by atoms with Crippen molar-refractivity contribution in [3.05, 3.63) is 24.3 Å². The number of ether oxygens (including phenoxy) is 1. The zero-order valence-corrected chi connectivity index (χ0v) is 50.1. The first-order valence-electron chi connectivity index (χ1n) is 33.6. The van der Waals surface area contributed by atoms with Crippen molar-refractivity contribution in [1.82, 2.24) is 5.32 Å². The predicted octanol–water partition coefficient (Wildman–Crippen LogP) is 21.4. The molecular formula is C68H131NO5. The SMILES string of the molecule is CCCCCC/C=C\C/C=C\CCCCCCCCCC(=O)OCCCCCCCCCCCCCCCCCCCCCCCCCCCCCCCC(=O)NC(CO)C(O)CCCCCCCCCCCC. The Kier molecular flexibility index (Phi) is 62.4. The van der Waals surface area contributed by atoms with Crippen molar-refractivity contribution < 1.29 is 24.5 Å². The van der Waals surface area contributed by atoms with Crippen LogP contribution in [0.5, 0.6) is 0 Å². The van der Waals surface area contributed by atoms with E-state index in [1.54, 1.807) is 0 Å². The molecule has 0 heterocycles. The summed E-state index contributed by atoms with van der Waals surface area (Å²) in [6, 6.07) is -0.536. The predicted molar refractivity (Wildman–Crippen MR) is 324 cm³/mol. The second-order valence-corrected chi connectivity index (χ2v) is 23.2. The van der Waals surface area contributed by atoms with E-state index in [0.717, 1.165) is 51.4 Å². The molecule has 0 saturated carbocycles. The van der Waals surface area contributed by atoms with Gasteiger partial charge in [-0.15, -0.1) is 0 Å². The Morgan fingerprint density at radius 2 is 0.676 bits per heavy atom. The van der Waals surface area contributed by atoms with E-state index < -0.39 is 12.1 Å². The second-order valence-electron chi connectivity index (χ2n) is 23.2. The van der Waals surface area contributed by atoms with Crippen molar-refractivity contribution in [3.8, 4) is 0 Å². The number of nitrogens with one attached hydrogen (secondary N) is 1. The average molecular weight is 1040 g/mol. The van der Waals surface area contributed by atoms with Crippen LogP contribution in [-0.4, -0.2) is 47.4 Å². The molecule has 0 fully saturated rings. The van der Waals surface area contributed by atoms with Crippen molar-refractivity contribution in [1.29, 1.82) is 0 Å². The lowest BCUT2D eigenvalue weighted by Gasteiger charge is -2.22. The zero-order valence-electron chi connectivity index (χ0n) is 50.1. The summed E-state index contributed by atoms with van der Waals surface area (Å²) in [5.74, 6) is -0.0190. The minimum Gasteiger partial charge on any atom is -0.466 e. The highest BCUT2D eigenvalue weighted by atomic mass is 16.5. The third-order valence-electron chi connectivity index (χ3n) is 15.8. The number of allylic oxidation sites excluding steroid dienone is 4. The van der Waals surface area contributed by atoms with Gasteiger partial charge in [0.2, 0.25) is 5.91 Å². The van der Waals surface area contributed by atoms with Crippen molar-refractivity contribution in [2.24, 2.45) is 0 Å². The molecule has 0 radical (unpaired) electrons. The third kappa shape index (κ3) is 59.6. The van der Waals surface area contributed by atoms with Gasteiger partial charge >= 0.3 is 5.97 Å². The summed E-state index contributed by atoms with van der Waals surface area (Å²) in [5, 5.41) is 23.2. The zero-order chi connectivity index (χ0) is 53.6. The molecule has 0 rings (SSSR count). The molecule has 6 nitrogen and oxygen atoms in total. The van der Waals surface area contributed by atoms with E-state index >= 15 is 0 Å². The summed E-state index contributed by atoms with van der Waals surface area (Å²) >= 11 is 0. The standard InChI is InChI=1S/C68H131NO5/c1-3-5-7-9-11-13-15-16-17-18-33-36-39-42-46-50-54-58-62-68(73)74-63-59-55-51-47-43-40-37-34-31-29-27-25-23-21-19-20-22-24-26-28-30-32-35-38-41-45-49-53-57-61-67(72)69-65(64-70)66(71)60-56-52-48-44-14-12-10-8-6-4-2/h13,15,17-18,65-66,70-71H,3-12,14,16,19-64H2,1-2H3,(H,69,72)/b15-13-,18-17-. The monoisotopic (exact) mass is 1040 g/mol. The van der Waals surface area contributed by atoms with Gasteiger partial charge in [0.25, 0.3) is 0 Å². The summed E-state index contributed by atoms with van der Waals surface area (Å²) in [6.45, 7) is 4.94. The van der Waals surface area contributed by atoms with Crippen molar-refractivity contribution >= 4 is 11.9 Å². The van der Waals surface area contributed by atoms with Crippen molar-refractivity contribution in [2.75, 3.05) is 13.2 Å². The molecule has 0 aromatic heterocycles. The Labute approximate surface area is 462 Å². The quantitative estimate of drug-likeness (QED) is 0.0320. The lowest BCUT2D eigenvalue weighted by molar-refractivity contribution is -0.143. The summed E-state index contributed by atoms with van der Waals surface area (Å²) in [6.07, 6.45) is 79.4. The highest BCUT2D eigenvalue weighted by molar-refractivity contribution is 5.76. The number of carbonyl (C=O) groups is 2. The molecule has 438 valence electrons. The van der Waals surface area contributed by atoms with E-state index in [1.807, 2.05) is 0 Å². The van der Waals surface area contributed by atoms with Crippen LogP contribution in [0.4, 0.5) is 0 Å². The summed E-state index contributed by atoms with van der Waals surface area (Å²) in [4.78, 5) is 24.5. The van der Waals surface area contributed by atoms with Gasteiger partial charge < -0.3 is 20.3 Å². The van der Waals surface area contributed by atoms with Crippen LogP contribution in [0, 0.1) is 0 Å². The summed E-state index contributed by atoms with van der Waals surface area (Å²) in [7, 11) is 0. The van der Waals surface area contributed by atoms with Crippen LogP contribution in [-0.2, 0) is 14.3 Å². The van der Waals surface area contributed by atoms with Crippen LogP contribution >= 0.6 is 0 Å². The molecule has 1 amide bonds. The number of hydrogen-bond donors (Lipinski definition) is 3. The molecule has 0 aromatic rings. The van der Waals surface area contributed by atoms with Gasteiger partial charge in [0.15, 0.2) is 0 Å². The molecule has 0 spiro atoms. The van der Waals surface area contributed by atoms with E-state index in [4.69, 9.17) is 4.74 Å². The van der Waals surface area contributed by atoms with Gasteiger partial charge in [-0.25, -0.2) is 0 Å². The largest absolute Gasteiger partial charge is 0.466 e. The molecule has 0 aliphatic heterocycles. The first-order chi connectivity index (χ1) is 36.5. The second kappa shape index (κ2) is 63.9. The van der Waals surface area contributed by atoms with Crippen LogP contribution in [0.1, 0.15) is 373 Å². The fraction of sp³-hybridized carbons (Fsp3) is 0.912. The number of aliphatic hydroxyl groups excluding tert-OH is 2. The molecule has 0 aliphatic rings. The van der Waals surface area contributed by atoms with Gasteiger partial charge in [0, 0.05) is 12.8 Å². The maximum atomic E-state index is 12.4. The average Bonchev–Trinajstić information content (AvgIpc) is 3.40. The first-order valence-corrected chi connectivity index (χ1v) is 33.6. The molecule has 0 bridgehead atoms. The lowest BCUT2D eigenvalue weighted by atomic mass is 10.0. The minimum absolute atomic E-state index is 0.0125. The molecule has 3 N–H and O–H groups in total. The van der Waals surface area contributed by atoms with Gasteiger partial charge in [-0.2, -0.15) is 0 Å². The minimum atomic E-state index is -0.659. The molecule has 0 aliphatic carbocycles. The highest BCUT2D eigenvalue weighted by Gasteiger charge is 2.20. The van der Waals surface area contributed by atoms with Gasteiger partial charge in [-0.3, -0.25) is 9.59 Å². The summed E-state index contributed by atoms with van der Waals surface area (Å²) in [5.41, 5.74) is 0. The fourth-order valence-corrected chi connectivity index (χ4v) is 10.6. The maximum absolute atomic E-state index is 12.4. The van der Waals surface area contributed by atoms with E-state index in [-0.39, 0.29) is 18.5 Å². The maximum Gasteiger partial charge on any atom is 0.305 e. The van der Waals surface area contributed by atoms with Gasteiger partial charge in [0.1, 0.15) is 0 Å². The number of hydrogen-bond acceptors (Lipinski definition) is 5. The number of aliphatic hydroxyl groups is 2. The molecule has 2 unspecified atom stereocenters. The van der Waals surface area contributed by atoms with Crippen LogP contribution in [0.3, 0.4) is 0 Å². The van der Waals surface area contributed by atoms with Crippen LogP contribution < -0.4 is 5.32 Å². The number of esters is 1. The molecular weight excluding hydrogens is 911 g/mol. The fourth-order valence-electron chi connectivity index (χ4n) is 10.6. The lowest BCUT2D eigenvalue weighted by Crippen LogP contribution is -2.45. The number of unbranched alkanes of at least 4 members (excludes halogenated alkanes) is 48. The number of carbonyl (C=O) groups excluding carboxylic acids is 2. The van der Waals surface area contributed by atoms with Crippen LogP contribution in [0.15, 0.2) is 24.3 Å². The Bertz CT molecular complexity index is 1150. The third-order valence-corrected chi connectivity index (χ3v) is 15.8. The Morgan fingerprint density at radius 1 is 0.378 bits per heavy atom. The molecule has 2 atom stereocenters. The number of amides is 1. The molecule has 0 saturated heterocycles. The Balaban J connectivity index is 3.30. The van der Waals surface area contributed by atoms with Crippen LogP contribution in [0.2, 0.25) is 0 Å². The van der Waals surface area contributed by atoms with Crippen molar-refractivity contribution in [2.45, 2.75) is 386 Å². The summed E-state index contributed by atoms with van der Waals surface area (Å²) < 4.78 is 5.50.